The van der Waals surface area contributed by atoms with Crippen LogP contribution in [0.2, 0.25) is 0 Å². The van der Waals surface area contributed by atoms with Crippen LogP contribution >= 0.6 is 0 Å². The summed E-state index contributed by atoms with van der Waals surface area (Å²) in [5.41, 5.74) is 3.27. The number of benzene rings is 2. The highest BCUT2D eigenvalue weighted by molar-refractivity contribution is 7.85. The minimum atomic E-state index is -4.27. The van der Waals surface area contributed by atoms with Gasteiger partial charge in [0, 0.05) is 18.2 Å². The molecular formula is C23H27NO5S. The van der Waals surface area contributed by atoms with Gasteiger partial charge in [-0.3, -0.25) is 0 Å². The summed E-state index contributed by atoms with van der Waals surface area (Å²) in [4.78, 5) is -0.178. The molecule has 2 aromatic carbocycles. The summed E-state index contributed by atoms with van der Waals surface area (Å²) in [6, 6.07) is 20.0. The molecule has 0 aliphatic carbocycles. The molecule has 6 nitrogen and oxygen atoms in total. The van der Waals surface area contributed by atoms with Crippen LogP contribution in [-0.4, -0.2) is 25.1 Å². The molecule has 3 rings (SSSR count). The van der Waals surface area contributed by atoms with Gasteiger partial charge in [-0.1, -0.05) is 29.8 Å². The van der Waals surface area contributed by atoms with Gasteiger partial charge < -0.3 is 14.8 Å². The fourth-order valence-electron chi connectivity index (χ4n) is 2.44. The Morgan fingerprint density at radius 3 is 2.13 bits per heavy atom. The lowest BCUT2D eigenvalue weighted by Gasteiger charge is -2.05. The Morgan fingerprint density at radius 1 is 0.967 bits per heavy atom. The quantitative estimate of drug-likeness (QED) is 0.459. The maximum absolute atomic E-state index is 10.4. The van der Waals surface area contributed by atoms with Crippen molar-refractivity contribution in [1.29, 1.82) is 0 Å². The van der Waals surface area contributed by atoms with Crippen molar-refractivity contribution >= 4 is 22.3 Å². The second-order valence-corrected chi connectivity index (χ2v) is 7.72. The number of aromatic nitrogens is 1. The lowest BCUT2D eigenvalue weighted by Crippen LogP contribution is -2.30. The molecule has 3 aromatic rings. The van der Waals surface area contributed by atoms with Gasteiger partial charge in [0.1, 0.15) is 22.9 Å². The molecule has 1 heterocycles. The van der Waals surface area contributed by atoms with E-state index in [0.29, 0.717) is 6.61 Å². The highest BCUT2D eigenvalue weighted by Gasteiger charge is 1.99. The highest BCUT2D eigenvalue weighted by Crippen LogP contribution is 2.13. The number of hydrogen-bond acceptors (Lipinski definition) is 4. The molecule has 0 amide bonds. The normalized spacial score (nSPS) is 10.7. The Bertz CT molecular complexity index is 1040. The predicted molar refractivity (Wildman–Crippen MR) is 117 cm³/mol. The van der Waals surface area contributed by atoms with Gasteiger partial charge >= 0.3 is 0 Å². The van der Waals surface area contributed by atoms with Gasteiger partial charge in [0.2, 0.25) is 5.69 Å². The predicted octanol–water partition coefficient (Wildman–Crippen LogP) is 3.15. The number of hydrogen-bond donors (Lipinski definition) is 0. The van der Waals surface area contributed by atoms with E-state index in [4.69, 9.17) is 4.74 Å². The zero-order chi connectivity index (χ0) is 21.3. The number of nitrogens with zero attached hydrogens (tertiary/aromatic N) is 1. The fraction of sp³-hybridized carbons (Fsp3) is 0.174. The molecule has 0 saturated carbocycles. The molecule has 7 heteroatoms. The van der Waals surface area contributed by atoms with Crippen LogP contribution in [0.25, 0.3) is 12.2 Å². The first-order chi connectivity index (χ1) is 13.8. The number of aryl methyl sites for hydroxylation is 2. The van der Waals surface area contributed by atoms with Crippen LogP contribution in [0.1, 0.15) is 23.7 Å². The summed E-state index contributed by atoms with van der Waals surface area (Å²) in [5.74, 6) is 0.917. The third-order valence-electron chi connectivity index (χ3n) is 4.04. The van der Waals surface area contributed by atoms with E-state index in [-0.39, 0.29) is 10.4 Å². The van der Waals surface area contributed by atoms with E-state index in [1.54, 1.807) is 12.1 Å². The third-order valence-corrected chi connectivity index (χ3v) is 4.89. The average Bonchev–Trinajstić information content (AvgIpc) is 2.69. The molecule has 0 unspecified atom stereocenters. The first-order valence-electron chi connectivity index (χ1n) is 9.18. The van der Waals surface area contributed by atoms with Crippen LogP contribution in [0, 0.1) is 6.92 Å². The minimum absolute atomic E-state index is 0. The first-order valence-corrected chi connectivity index (χ1v) is 10.6. The van der Waals surface area contributed by atoms with Crippen molar-refractivity contribution < 1.29 is 27.8 Å². The minimum Gasteiger partial charge on any atom is -0.744 e. The van der Waals surface area contributed by atoms with E-state index in [1.807, 2.05) is 51.4 Å². The summed E-state index contributed by atoms with van der Waals surface area (Å²) < 4.78 is 38.7. The van der Waals surface area contributed by atoms with E-state index in [0.717, 1.165) is 11.3 Å². The monoisotopic (exact) mass is 429 g/mol. The van der Waals surface area contributed by atoms with Crippen molar-refractivity contribution in [2.45, 2.75) is 18.7 Å². The number of rotatable bonds is 5. The zero-order valence-electron chi connectivity index (χ0n) is 17.3. The maximum Gasteiger partial charge on any atom is 0.204 e. The molecule has 0 aliphatic rings. The summed E-state index contributed by atoms with van der Waals surface area (Å²) in [5, 5.41) is 0. The van der Waals surface area contributed by atoms with Crippen molar-refractivity contribution in [2.24, 2.45) is 7.05 Å². The van der Waals surface area contributed by atoms with E-state index < -0.39 is 10.1 Å². The van der Waals surface area contributed by atoms with Crippen LogP contribution < -0.4 is 9.30 Å². The molecule has 0 radical (unpaired) electrons. The molecule has 1 aromatic heterocycles. The second kappa shape index (κ2) is 11.9. The standard InChI is InChI=1S/C16H18NO.C7H8O3S.H2O/c1-3-18-16-11-8-14(9-12-16)7-10-15-6-4-5-13-17(15)2;1-6-2-4-7(5-3-6)11(8,9)10;/h4-13H,3H2,1-2H3;2-5H,1H3,(H,8,9,10);1H2/q+1;;/p-1/b10-7+;;. The summed E-state index contributed by atoms with van der Waals surface area (Å²) in [7, 11) is -2.23. The van der Waals surface area contributed by atoms with E-state index in [9.17, 15) is 13.0 Å². The molecule has 0 saturated heterocycles. The van der Waals surface area contributed by atoms with E-state index in [1.165, 1.54) is 23.4 Å². The fourth-order valence-corrected chi connectivity index (χ4v) is 2.91. The van der Waals surface area contributed by atoms with Crippen LogP contribution in [0.5, 0.6) is 5.75 Å². The first kappa shape index (κ1) is 25.0. The van der Waals surface area contributed by atoms with Crippen molar-refractivity contribution in [2.75, 3.05) is 6.61 Å². The van der Waals surface area contributed by atoms with Gasteiger partial charge in [0.25, 0.3) is 0 Å². The van der Waals surface area contributed by atoms with Gasteiger partial charge in [-0.2, -0.15) is 0 Å². The lowest BCUT2D eigenvalue weighted by molar-refractivity contribution is -0.673. The highest BCUT2D eigenvalue weighted by atomic mass is 32.2. The molecule has 160 valence electrons. The number of pyridine rings is 1. The Labute approximate surface area is 178 Å². The van der Waals surface area contributed by atoms with Gasteiger partial charge in [0.15, 0.2) is 6.20 Å². The van der Waals surface area contributed by atoms with Crippen LogP contribution in [0.3, 0.4) is 0 Å². The maximum atomic E-state index is 10.4. The second-order valence-electron chi connectivity index (χ2n) is 6.34. The Balaban J connectivity index is 0.000000324. The van der Waals surface area contributed by atoms with Crippen LogP contribution in [-0.2, 0) is 17.2 Å². The average molecular weight is 430 g/mol. The molecule has 0 spiro atoms. The molecule has 0 aliphatic heterocycles. The van der Waals surface area contributed by atoms with E-state index in [2.05, 4.69) is 34.9 Å². The summed E-state index contributed by atoms with van der Waals surface area (Å²) >= 11 is 0. The molecule has 0 bridgehead atoms. The Hall–Kier alpha value is -3.00. The largest absolute Gasteiger partial charge is 0.744 e. The SMILES string of the molecule is CCOc1ccc(/C=C/c2cccc[n+]2C)cc1.Cc1ccc(S(=O)(=O)[O-])cc1.O. The lowest BCUT2D eigenvalue weighted by atomic mass is 10.2. The molecule has 0 fully saturated rings. The zero-order valence-corrected chi connectivity index (χ0v) is 18.1. The third kappa shape index (κ3) is 8.16. The summed E-state index contributed by atoms with van der Waals surface area (Å²) in [6.45, 7) is 4.51. The Kier molecular flexibility index (Phi) is 9.91. The molecule has 30 heavy (non-hydrogen) atoms. The topological polar surface area (TPSA) is 102 Å². The van der Waals surface area contributed by atoms with Crippen molar-refractivity contribution in [3.05, 3.63) is 89.7 Å². The summed E-state index contributed by atoms with van der Waals surface area (Å²) in [6.07, 6.45) is 6.25. The van der Waals surface area contributed by atoms with Gasteiger partial charge in [0.05, 0.1) is 11.5 Å². The van der Waals surface area contributed by atoms with Gasteiger partial charge in [-0.05, 0) is 55.8 Å². The van der Waals surface area contributed by atoms with Crippen molar-refractivity contribution in [1.82, 2.24) is 0 Å². The van der Waals surface area contributed by atoms with Crippen LogP contribution in [0.4, 0.5) is 0 Å². The molecule has 2 N–H and O–H groups in total. The molecular weight excluding hydrogens is 402 g/mol. The van der Waals surface area contributed by atoms with E-state index >= 15 is 0 Å². The number of ether oxygens (including phenoxy) is 1. The smallest absolute Gasteiger partial charge is 0.204 e. The van der Waals surface area contributed by atoms with Crippen molar-refractivity contribution in [3.63, 3.8) is 0 Å². The van der Waals surface area contributed by atoms with Gasteiger partial charge in [-0.15, -0.1) is 0 Å². The Morgan fingerprint density at radius 2 is 1.60 bits per heavy atom. The molecule has 0 atom stereocenters. The van der Waals surface area contributed by atoms with Crippen LogP contribution in [0.15, 0.2) is 77.8 Å². The van der Waals surface area contributed by atoms with Crippen molar-refractivity contribution in [3.8, 4) is 5.75 Å². The van der Waals surface area contributed by atoms with Gasteiger partial charge in [-0.25, -0.2) is 13.0 Å².